The number of carboxylic acids is 1. The zero-order valence-electron chi connectivity index (χ0n) is 11.8. The molecule has 2 rings (SSSR count). The lowest BCUT2D eigenvalue weighted by Gasteiger charge is -2.36. The lowest BCUT2D eigenvalue weighted by atomic mass is 9.86. The van der Waals surface area contributed by atoms with Crippen molar-refractivity contribution in [2.24, 2.45) is 5.41 Å². The molecule has 1 aliphatic carbocycles. The minimum absolute atomic E-state index is 0.675. The van der Waals surface area contributed by atoms with Crippen molar-refractivity contribution in [2.75, 3.05) is 0 Å². The molecule has 102 valence electrons. The fourth-order valence-corrected chi connectivity index (χ4v) is 6.18. The summed E-state index contributed by atoms with van der Waals surface area (Å²) in [4.78, 5) is 11.8. The molecule has 0 saturated heterocycles. The Hall–Kier alpha value is -1.35. The highest BCUT2D eigenvalue weighted by Crippen LogP contribution is 2.46. The monoisotopic (exact) mass is 274 g/mol. The number of carboxylic acid groups (broad SMARTS) is 1. The van der Waals surface area contributed by atoms with Crippen LogP contribution in [0.1, 0.15) is 25.7 Å². The molecule has 0 aliphatic heterocycles. The summed E-state index contributed by atoms with van der Waals surface area (Å²) in [6.45, 7) is 8.69. The maximum absolute atomic E-state index is 11.8. The zero-order valence-corrected chi connectivity index (χ0v) is 12.8. The van der Waals surface area contributed by atoms with E-state index in [4.69, 9.17) is 0 Å². The summed E-state index contributed by atoms with van der Waals surface area (Å²) in [5.41, 5.74) is -0.675. The second kappa shape index (κ2) is 4.97. The van der Waals surface area contributed by atoms with Gasteiger partial charge in [-0.05, 0) is 12.8 Å². The van der Waals surface area contributed by atoms with Gasteiger partial charge in [0.25, 0.3) is 0 Å². The Kier molecular flexibility index (Phi) is 3.68. The Morgan fingerprint density at radius 2 is 1.74 bits per heavy atom. The highest BCUT2D eigenvalue weighted by Gasteiger charge is 2.49. The zero-order chi connectivity index (χ0) is 14.1. The van der Waals surface area contributed by atoms with Gasteiger partial charge in [-0.2, -0.15) is 0 Å². The van der Waals surface area contributed by atoms with Crippen LogP contribution < -0.4 is 5.19 Å². The molecule has 0 atom stereocenters. The van der Waals surface area contributed by atoms with E-state index in [9.17, 15) is 9.90 Å². The van der Waals surface area contributed by atoms with Gasteiger partial charge in [-0.25, -0.2) is 0 Å². The number of hydrogen-bond acceptors (Lipinski definition) is 1. The van der Waals surface area contributed by atoms with Crippen molar-refractivity contribution in [2.45, 2.75) is 38.8 Å². The highest BCUT2D eigenvalue weighted by molar-refractivity contribution is 6.96. The average molecular weight is 274 g/mol. The summed E-state index contributed by atoms with van der Waals surface area (Å²) in [6.07, 6.45) is 3.52. The molecule has 0 radical (unpaired) electrons. The molecule has 0 bridgehead atoms. The molecule has 3 heteroatoms. The van der Waals surface area contributed by atoms with Gasteiger partial charge < -0.3 is 5.11 Å². The molecule has 0 amide bonds. The fraction of sp³-hybridized carbons (Fsp3) is 0.438. The summed E-state index contributed by atoms with van der Waals surface area (Å²) in [6, 6.07) is 10.3. The van der Waals surface area contributed by atoms with Crippen molar-refractivity contribution in [1.29, 1.82) is 0 Å². The molecule has 0 spiro atoms. The largest absolute Gasteiger partial charge is 0.481 e. The van der Waals surface area contributed by atoms with E-state index in [2.05, 4.69) is 31.8 Å². The van der Waals surface area contributed by atoms with Crippen LogP contribution in [0, 0.1) is 5.41 Å². The molecule has 1 fully saturated rings. The van der Waals surface area contributed by atoms with E-state index in [1.54, 1.807) is 0 Å². The normalized spacial score (nSPS) is 18.2. The van der Waals surface area contributed by atoms with Crippen LogP contribution in [0.4, 0.5) is 0 Å². The van der Waals surface area contributed by atoms with Crippen LogP contribution in [0.15, 0.2) is 42.1 Å². The van der Waals surface area contributed by atoms with E-state index in [-0.39, 0.29) is 0 Å². The van der Waals surface area contributed by atoms with Crippen LogP contribution in [0.5, 0.6) is 0 Å². The second-order valence-corrected chi connectivity index (χ2v) is 10.5. The van der Waals surface area contributed by atoms with E-state index >= 15 is 0 Å². The topological polar surface area (TPSA) is 37.3 Å². The first kappa shape index (κ1) is 14.1. The van der Waals surface area contributed by atoms with Gasteiger partial charge in [0.15, 0.2) is 0 Å². The van der Waals surface area contributed by atoms with Gasteiger partial charge in [0.1, 0.15) is 8.07 Å². The number of carbonyl (C=O) groups is 1. The Bertz CT molecular complexity index is 485. The van der Waals surface area contributed by atoms with Gasteiger partial charge in [-0.1, -0.05) is 66.7 Å². The number of rotatable bonds is 4. The number of benzene rings is 1. The van der Waals surface area contributed by atoms with Crippen molar-refractivity contribution < 1.29 is 9.90 Å². The van der Waals surface area contributed by atoms with E-state index in [1.807, 2.05) is 18.2 Å². The van der Waals surface area contributed by atoms with Gasteiger partial charge in [0, 0.05) is 0 Å². The SMILES string of the molecule is C=C(C1(C(=O)O)CCCC1)[Si](C)(C)c1ccccc1. The van der Waals surface area contributed by atoms with Gasteiger partial charge in [-0.15, -0.1) is 6.58 Å². The summed E-state index contributed by atoms with van der Waals surface area (Å²) in [5.74, 6) is -0.675. The fourth-order valence-electron chi connectivity index (χ4n) is 3.25. The van der Waals surface area contributed by atoms with Crippen molar-refractivity contribution in [3.8, 4) is 0 Å². The third kappa shape index (κ3) is 2.27. The molecule has 1 aliphatic rings. The quantitative estimate of drug-likeness (QED) is 0.855. The molecule has 0 aromatic heterocycles. The molecule has 19 heavy (non-hydrogen) atoms. The lowest BCUT2D eigenvalue weighted by Crippen LogP contribution is -2.50. The van der Waals surface area contributed by atoms with Gasteiger partial charge >= 0.3 is 5.97 Å². The van der Waals surface area contributed by atoms with Crippen molar-refractivity contribution in [3.05, 3.63) is 42.1 Å². The van der Waals surface area contributed by atoms with Crippen LogP contribution in [0.25, 0.3) is 0 Å². The summed E-state index contributed by atoms with van der Waals surface area (Å²) in [7, 11) is -1.96. The molecule has 1 N–H and O–H groups in total. The van der Waals surface area contributed by atoms with Crippen LogP contribution in [0.2, 0.25) is 13.1 Å². The van der Waals surface area contributed by atoms with Crippen LogP contribution in [-0.2, 0) is 4.79 Å². The Balaban J connectivity index is 2.40. The Morgan fingerprint density at radius 1 is 1.21 bits per heavy atom. The average Bonchev–Trinajstić information content (AvgIpc) is 2.89. The van der Waals surface area contributed by atoms with Crippen LogP contribution in [-0.4, -0.2) is 19.1 Å². The third-order valence-electron chi connectivity index (χ3n) is 4.69. The summed E-state index contributed by atoms with van der Waals surface area (Å²) < 4.78 is 0. The molecular formula is C16H22O2Si. The first-order valence-corrected chi connectivity index (χ1v) is 9.90. The summed E-state index contributed by atoms with van der Waals surface area (Å²) in [5, 5.41) is 12.0. The smallest absolute Gasteiger partial charge is 0.313 e. The van der Waals surface area contributed by atoms with Crippen LogP contribution >= 0.6 is 0 Å². The molecule has 1 aromatic rings. The van der Waals surface area contributed by atoms with Gasteiger partial charge in [0.2, 0.25) is 0 Å². The minimum Gasteiger partial charge on any atom is -0.481 e. The first-order valence-electron chi connectivity index (χ1n) is 6.90. The van der Waals surface area contributed by atoms with E-state index in [1.165, 1.54) is 5.19 Å². The van der Waals surface area contributed by atoms with Gasteiger partial charge in [0.05, 0.1) is 5.41 Å². The van der Waals surface area contributed by atoms with Crippen molar-refractivity contribution in [3.63, 3.8) is 0 Å². The van der Waals surface area contributed by atoms with E-state index < -0.39 is 19.5 Å². The Labute approximate surface area is 116 Å². The summed E-state index contributed by atoms with van der Waals surface area (Å²) >= 11 is 0. The van der Waals surface area contributed by atoms with Crippen LogP contribution in [0.3, 0.4) is 0 Å². The maximum atomic E-state index is 11.8. The predicted octanol–water partition coefficient (Wildman–Crippen LogP) is 3.34. The second-order valence-electron chi connectivity index (χ2n) is 6.06. The highest BCUT2D eigenvalue weighted by atomic mass is 28.3. The maximum Gasteiger partial charge on any atom is 0.313 e. The predicted molar refractivity (Wildman–Crippen MR) is 81.2 cm³/mol. The minimum atomic E-state index is -1.96. The molecule has 2 nitrogen and oxygen atoms in total. The lowest BCUT2D eigenvalue weighted by molar-refractivity contribution is -0.145. The Morgan fingerprint density at radius 3 is 2.21 bits per heavy atom. The van der Waals surface area contributed by atoms with E-state index in [0.29, 0.717) is 0 Å². The molecule has 1 saturated carbocycles. The van der Waals surface area contributed by atoms with Gasteiger partial charge in [-0.3, -0.25) is 4.79 Å². The molecule has 0 heterocycles. The van der Waals surface area contributed by atoms with E-state index in [0.717, 1.165) is 30.9 Å². The number of hydrogen-bond donors (Lipinski definition) is 1. The number of aliphatic carboxylic acids is 1. The molecular weight excluding hydrogens is 252 g/mol. The third-order valence-corrected chi connectivity index (χ3v) is 8.46. The van der Waals surface area contributed by atoms with Crippen molar-refractivity contribution >= 4 is 19.2 Å². The molecule has 0 unspecified atom stereocenters. The first-order chi connectivity index (χ1) is 8.91. The van der Waals surface area contributed by atoms with Crippen molar-refractivity contribution in [1.82, 2.24) is 0 Å². The molecule has 1 aromatic carbocycles. The standard InChI is InChI=1S/C16H22O2Si/c1-13(16(15(17)18)11-7-8-12-16)19(2,3)14-9-5-4-6-10-14/h4-6,9-10H,1,7-8,11-12H2,2-3H3,(H,17,18).